The van der Waals surface area contributed by atoms with Crippen LogP contribution in [0.25, 0.3) is 0 Å². The monoisotopic (exact) mass is 293 g/mol. The summed E-state index contributed by atoms with van der Waals surface area (Å²) in [4.78, 5) is 14.4. The molecule has 1 aromatic heterocycles. The number of amides is 1. The van der Waals surface area contributed by atoms with Crippen molar-refractivity contribution in [2.75, 3.05) is 26.2 Å². The van der Waals surface area contributed by atoms with E-state index in [1.165, 1.54) is 5.56 Å². The molecule has 1 aliphatic heterocycles. The number of carbonyl (C=O) groups is 1. The number of piperidine rings is 1. The maximum Gasteiger partial charge on any atom is 0.224 e. The fourth-order valence-corrected chi connectivity index (χ4v) is 2.85. The molecule has 6 nitrogen and oxygen atoms in total. The number of hydrogen-bond donors (Lipinski definition) is 2. The van der Waals surface area contributed by atoms with Crippen molar-refractivity contribution >= 4 is 5.91 Å². The number of nitrogens with two attached hydrogens (primary N) is 1. The molecule has 1 aromatic rings. The van der Waals surface area contributed by atoms with Crippen molar-refractivity contribution in [1.82, 2.24) is 20.0 Å². The van der Waals surface area contributed by atoms with Crippen molar-refractivity contribution in [3.05, 3.63) is 18.0 Å². The summed E-state index contributed by atoms with van der Waals surface area (Å²) in [5.41, 5.74) is 6.66. The van der Waals surface area contributed by atoms with Gasteiger partial charge in [-0.05, 0) is 25.8 Å². The molecule has 0 saturated carbocycles. The molecule has 21 heavy (non-hydrogen) atoms. The Morgan fingerprint density at radius 3 is 3.19 bits per heavy atom. The molecule has 1 amide bonds. The maximum atomic E-state index is 12.0. The van der Waals surface area contributed by atoms with E-state index in [-0.39, 0.29) is 11.8 Å². The minimum Gasteiger partial charge on any atom is -0.355 e. The topological polar surface area (TPSA) is 76.2 Å². The summed E-state index contributed by atoms with van der Waals surface area (Å²) in [7, 11) is 0. The van der Waals surface area contributed by atoms with Crippen LogP contribution in [0.2, 0.25) is 0 Å². The molecule has 1 unspecified atom stereocenters. The van der Waals surface area contributed by atoms with E-state index in [1.54, 1.807) is 0 Å². The summed E-state index contributed by atoms with van der Waals surface area (Å²) in [5.74, 6) is 0.239. The lowest BCUT2D eigenvalue weighted by Crippen LogP contribution is -2.43. The van der Waals surface area contributed by atoms with Crippen molar-refractivity contribution in [1.29, 1.82) is 0 Å². The van der Waals surface area contributed by atoms with Crippen molar-refractivity contribution < 1.29 is 4.79 Å². The van der Waals surface area contributed by atoms with Gasteiger partial charge in [0.05, 0.1) is 12.1 Å². The van der Waals surface area contributed by atoms with E-state index in [4.69, 9.17) is 5.73 Å². The van der Waals surface area contributed by atoms with Crippen LogP contribution in [0.4, 0.5) is 0 Å². The van der Waals surface area contributed by atoms with E-state index in [9.17, 15) is 4.79 Å². The summed E-state index contributed by atoms with van der Waals surface area (Å²) in [6.45, 7) is 6.94. The first-order valence-corrected chi connectivity index (χ1v) is 7.94. The Kier molecular flexibility index (Phi) is 6.20. The second kappa shape index (κ2) is 8.14. The Hall–Kier alpha value is -1.40. The van der Waals surface area contributed by atoms with Crippen LogP contribution in [-0.2, 0) is 17.9 Å². The lowest BCUT2D eigenvalue weighted by molar-refractivity contribution is -0.126. The zero-order chi connectivity index (χ0) is 15.1. The summed E-state index contributed by atoms with van der Waals surface area (Å²) in [5, 5.41) is 7.26. The Bertz CT molecular complexity index is 445. The van der Waals surface area contributed by atoms with E-state index in [0.29, 0.717) is 13.1 Å². The molecule has 6 heteroatoms. The smallest absolute Gasteiger partial charge is 0.224 e. The standard InChI is InChI=1S/C15H27N5O/c1-2-7-20-11-13(9-18-20)10-19-8-3-4-14(12-19)15(21)17-6-5-16/h9,11,14H,2-8,10,12,16H2,1H3,(H,17,21). The number of aryl methyl sites for hydroxylation is 1. The number of hydrogen-bond acceptors (Lipinski definition) is 4. The first-order valence-electron chi connectivity index (χ1n) is 7.94. The number of carbonyl (C=O) groups excluding carboxylic acids is 1. The highest BCUT2D eigenvalue weighted by atomic mass is 16.1. The third kappa shape index (κ3) is 4.82. The van der Waals surface area contributed by atoms with Crippen molar-refractivity contribution in [2.24, 2.45) is 11.7 Å². The third-order valence-corrected chi connectivity index (χ3v) is 3.87. The normalized spacial score (nSPS) is 19.6. The lowest BCUT2D eigenvalue weighted by Gasteiger charge is -2.31. The van der Waals surface area contributed by atoms with Gasteiger partial charge in [0.15, 0.2) is 0 Å². The van der Waals surface area contributed by atoms with Gasteiger partial charge in [-0.25, -0.2) is 0 Å². The molecule has 118 valence electrons. The highest BCUT2D eigenvalue weighted by Crippen LogP contribution is 2.18. The van der Waals surface area contributed by atoms with Gasteiger partial charge in [-0.3, -0.25) is 14.4 Å². The van der Waals surface area contributed by atoms with Gasteiger partial charge in [0.25, 0.3) is 0 Å². The van der Waals surface area contributed by atoms with Crippen LogP contribution >= 0.6 is 0 Å². The fraction of sp³-hybridized carbons (Fsp3) is 0.733. The molecule has 2 heterocycles. The predicted molar refractivity (Wildman–Crippen MR) is 82.6 cm³/mol. The quantitative estimate of drug-likeness (QED) is 0.771. The Labute approximate surface area is 126 Å². The van der Waals surface area contributed by atoms with Gasteiger partial charge in [0, 0.05) is 44.5 Å². The second-order valence-corrected chi connectivity index (χ2v) is 5.77. The molecular formula is C15H27N5O. The van der Waals surface area contributed by atoms with Crippen LogP contribution in [0.3, 0.4) is 0 Å². The Morgan fingerprint density at radius 1 is 1.57 bits per heavy atom. The fourth-order valence-electron chi connectivity index (χ4n) is 2.85. The van der Waals surface area contributed by atoms with Crippen LogP contribution in [-0.4, -0.2) is 46.8 Å². The Morgan fingerprint density at radius 2 is 2.43 bits per heavy atom. The van der Waals surface area contributed by atoms with E-state index in [1.807, 2.05) is 10.9 Å². The average Bonchev–Trinajstić information content (AvgIpc) is 2.92. The van der Waals surface area contributed by atoms with Crippen LogP contribution in [0.15, 0.2) is 12.4 Å². The third-order valence-electron chi connectivity index (χ3n) is 3.87. The molecule has 0 aromatic carbocycles. The molecule has 0 bridgehead atoms. The van der Waals surface area contributed by atoms with Crippen LogP contribution < -0.4 is 11.1 Å². The SMILES string of the molecule is CCCn1cc(CN2CCCC(C(=O)NCCN)C2)cn1. The van der Waals surface area contributed by atoms with E-state index >= 15 is 0 Å². The zero-order valence-corrected chi connectivity index (χ0v) is 12.9. The van der Waals surface area contributed by atoms with E-state index in [0.717, 1.165) is 45.4 Å². The summed E-state index contributed by atoms with van der Waals surface area (Å²) in [6.07, 6.45) is 7.19. The maximum absolute atomic E-state index is 12.0. The van der Waals surface area contributed by atoms with Crippen molar-refractivity contribution in [2.45, 2.75) is 39.3 Å². The van der Waals surface area contributed by atoms with Gasteiger partial charge in [0.2, 0.25) is 5.91 Å². The summed E-state index contributed by atoms with van der Waals surface area (Å²) >= 11 is 0. The highest BCUT2D eigenvalue weighted by Gasteiger charge is 2.25. The number of likely N-dealkylation sites (tertiary alicyclic amines) is 1. The van der Waals surface area contributed by atoms with E-state index in [2.05, 4.69) is 28.4 Å². The lowest BCUT2D eigenvalue weighted by atomic mass is 9.97. The van der Waals surface area contributed by atoms with Gasteiger partial charge >= 0.3 is 0 Å². The molecule has 1 saturated heterocycles. The molecule has 0 aliphatic carbocycles. The van der Waals surface area contributed by atoms with Crippen LogP contribution in [0.1, 0.15) is 31.7 Å². The Balaban J connectivity index is 1.84. The van der Waals surface area contributed by atoms with Crippen LogP contribution in [0, 0.1) is 5.92 Å². The van der Waals surface area contributed by atoms with Gasteiger partial charge in [0.1, 0.15) is 0 Å². The average molecular weight is 293 g/mol. The van der Waals surface area contributed by atoms with Gasteiger partial charge < -0.3 is 11.1 Å². The van der Waals surface area contributed by atoms with E-state index < -0.39 is 0 Å². The summed E-state index contributed by atoms with van der Waals surface area (Å²) < 4.78 is 1.99. The van der Waals surface area contributed by atoms with Crippen molar-refractivity contribution in [3.8, 4) is 0 Å². The largest absolute Gasteiger partial charge is 0.355 e. The molecule has 0 radical (unpaired) electrons. The summed E-state index contributed by atoms with van der Waals surface area (Å²) in [6, 6.07) is 0. The molecular weight excluding hydrogens is 266 g/mol. The minimum absolute atomic E-state index is 0.0935. The number of aromatic nitrogens is 2. The number of rotatable bonds is 7. The first-order chi connectivity index (χ1) is 10.2. The predicted octanol–water partition coefficient (Wildman–Crippen LogP) is 0.580. The number of nitrogens with one attached hydrogen (secondary N) is 1. The van der Waals surface area contributed by atoms with Gasteiger partial charge in [-0.1, -0.05) is 6.92 Å². The molecule has 1 aliphatic rings. The second-order valence-electron chi connectivity index (χ2n) is 5.77. The minimum atomic E-state index is 0.0935. The van der Waals surface area contributed by atoms with Crippen LogP contribution in [0.5, 0.6) is 0 Å². The zero-order valence-electron chi connectivity index (χ0n) is 12.9. The van der Waals surface area contributed by atoms with Gasteiger partial charge in [-0.2, -0.15) is 5.10 Å². The molecule has 0 spiro atoms. The first kappa shape index (κ1) is 16.0. The molecule has 1 atom stereocenters. The molecule has 1 fully saturated rings. The molecule has 2 rings (SSSR count). The number of nitrogens with zero attached hydrogens (tertiary/aromatic N) is 3. The van der Waals surface area contributed by atoms with Crippen molar-refractivity contribution in [3.63, 3.8) is 0 Å². The van der Waals surface area contributed by atoms with Gasteiger partial charge in [-0.15, -0.1) is 0 Å². The highest BCUT2D eigenvalue weighted by molar-refractivity contribution is 5.78. The molecule has 3 N–H and O–H groups in total.